The maximum absolute atomic E-state index is 12.0. The fraction of sp³-hybridized carbons (Fsp3) is 0.500. The van der Waals surface area contributed by atoms with Crippen LogP contribution in [0.15, 0.2) is 30.3 Å². The Kier molecular flexibility index (Phi) is 5.16. The third-order valence-electron chi connectivity index (χ3n) is 2.56. The molecular formula is C14H22N2O. The molecule has 0 aliphatic heterocycles. The van der Waals surface area contributed by atoms with Crippen LogP contribution in [0.5, 0.6) is 0 Å². The Morgan fingerprint density at radius 3 is 2.29 bits per heavy atom. The zero-order chi connectivity index (χ0) is 12.8. The highest BCUT2D eigenvalue weighted by atomic mass is 16.2. The monoisotopic (exact) mass is 234 g/mol. The van der Waals surface area contributed by atoms with Crippen molar-refractivity contribution in [1.82, 2.24) is 10.2 Å². The number of nitrogens with one attached hydrogen (secondary N) is 1. The van der Waals surface area contributed by atoms with Crippen LogP contribution < -0.4 is 5.32 Å². The van der Waals surface area contributed by atoms with Crippen LogP contribution in [0.3, 0.4) is 0 Å². The molecule has 1 aromatic rings. The Morgan fingerprint density at radius 2 is 1.82 bits per heavy atom. The molecule has 0 heterocycles. The van der Waals surface area contributed by atoms with Gasteiger partial charge in [-0.15, -0.1) is 0 Å². The van der Waals surface area contributed by atoms with Crippen LogP contribution in [-0.2, 0) is 11.2 Å². The van der Waals surface area contributed by atoms with E-state index in [9.17, 15) is 4.79 Å². The first-order valence-electron chi connectivity index (χ1n) is 6.02. The SMILES string of the molecule is CC(C)N[C@@H](Cc1ccccc1)C(=O)N(C)C. The number of hydrogen-bond donors (Lipinski definition) is 1. The molecule has 1 rings (SSSR count). The predicted octanol–water partition coefficient (Wildman–Crippen LogP) is 1.68. The fourth-order valence-electron chi connectivity index (χ4n) is 1.78. The number of carbonyl (C=O) groups is 1. The summed E-state index contributed by atoms with van der Waals surface area (Å²) in [6, 6.07) is 10.3. The van der Waals surface area contributed by atoms with E-state index in [1.165, 1.54) is 5.56 Å². The molecule has 1 amide bonds. The average Bonchev–Trinajstić information content (AvgIpc) is 2.28. The van der Waals surface area contributed by atoms with E-state index in [4.69, 9.17) is 0 Å². The van der Waals surface area contributed by atoms with Gasteiger partial charge in [0.05, 0.1) is 6.04 Å². The van der Waals surface area contributed by atoms with Gasteiger partial charge >= 0.3 is 0 Å². The van der Waals surface area contributed by atoms with E-state index in [0.29, 0.717) is 6.04 Å². The second-order valence-electron chi connectivity index (χ2n) is 4.80. The van der Waals surface area contributed by atoms with Gasteiger partial charge in [0.2, 0.25) is 5.91 Å². The van der Waals surface area contributed by atoms with Crippen LogP contribution in [0.2, 0.25) is 0 Å². The summed E-state index contributed by atoms with van der Waals surface area (Å²) in [6.07, 6.45) is 0.732. The van der Waals surface area contributed by atoms with Crippen molar-refractivity contribution in [2.75, 3.05) is 14.1 Å². The molecule has 0 unspecified atom stereocenters. The highest BCUT2D eigenvalue weighted by Gasteiger charge is 2.20. The van der Waals surface area contributed by atoms with E-state index in [1.807, 2.05) is 18.2 Å². The lowest BCUT2D eigenvalue weighted by Crippen LogP contribution is -2.47. The number of rotatable bonds is 5. The van der Waals surface area contributed by atoms with Crippen molar-refractivity contribution in [3.05, 3.63) is 35.9 Å². The smallest absolute Gasteiger partial charge is 0.239 e. The molecule has 0 spiro atoms. The Morgan fingerprint density at radius 1 is 1.24 bits per heavy atom. The zero-order valence-corrected chi connectivity index (χ0v) is 11.1. The highest BCUT2D eigenvalue weighted by molar-refractivity contribution is 5.81. The average molecular weight is 234 g/mol. The molecule has 94 valence electrons. The van der Waals surface area contributed by atoms with E-state index < -0.39 is 0 Å². The van der Waals surface area contributed by atoms with Crippen molar-refractivity contribution in [2.24, 2.45) is 0 Å². The van der Waals surface area contributed by atoms with Crippen molar-refractivity contribution >= 4 is 5.91 Å². The second-order valence-corrected chi connectivity index (χ2v) is 4.80. The second kappa shape index (κ2) is 6.40. The Hall–Kier alpha value is -1.35. The summed E-state index contributed by atoms with van der Waals surface area (Å²) in [7, 11) is 3.59. The van der Waals surface area contributed by atoms with Crippen molar-refractivity contribution in [1.29, 1.82) is 0 Å². The minimum Gasteiger partial charge on any atom is -0.347 e. The molecule has 0 aliphatic rings. The molecule has 0 saturated carbocycles. The van der Waals surface area contributed by atoms with Gasteiger partial charge in [-0.25, -0.2) is 0 Å². The van der Waals surface area contributed by atoms with Gasteiger partial charge in [0.1, 0.15) is 0 Å². The minimum atomic E-state index is -0.146. The first-order valence-corrected chi connectivity index (χ1v) is 6.02. The highest BCUT2D eigenvalue weighted by Crippen LogP contribution is 2.05. The number of hydrogen-bond acceptors (Lipinski definition) is 2. The van der Waals surface area contributed by atoms with Crippen molar-refractivity contribution < 1.29 is 4.79 Å². The zero-order valence-electron chi connectivity index (χ0n) is 11.1. The summed E-state index contributed by atoms with van der Waals surface area (Å²) >= 11 is 0. The molecule has 1 aromatic carbocycles. The Balaban J connectivity index is 2.74. The van der Waals surface area contributed by atoms with Gasteiger partial charge in [-0.1, -0.05) is 44.2 Å². The number of likely N-dealkylation sites (N-methyl/N-ethyl adjacent to an activating group) is 1. The molecule has 0 saturated heterocycles. The third-order valence-corrected chi connectivity index (χ3v) is 2.56. The van der Waals surface area contributed by atoms with E-state index >= 15 is 0 Å². The van der Waals surface area contributed by atoms with Crippen LogP contribution in [0.4, 0.5) is 0 Å². The summed E-state index contributed by atoms with van der Waals surface area (Å²) in [5.74, 6) is 0.127. The molecule has 0 bridgehead atoms. The molecule has 0 radical (unpaired) electrons. The number of carbonyl (C=O) groups excluding carboxylic acids is 1. The van der Waals surface area contributed by atoms with Gasteiger partial charge in [-0.3, -0.25) is 4.79 Å². The molecule has 17 heavy (non-hydrogen) atoms. The predicted molar refractivity (Wildman–Crippen MR) is 70.9 cm³/mol. The van der Waals surface area contributed by atoms with Gasteiger partial charge in [0.15, 0.2) is 0 Å². The summed E-state index contributed by atoms with van der Waals surface area (Å²) in [4.78, 5) is 13.7. The fourth-order valence-corrected chi connectivity index (χ4v) is 1.78. The Labute approximate surface area is 104 Å². The van der Waals surface area contributed by atoms with E-state index in [0.717, 1.165) is 6.42 Å². The summed E-state index contributed by atoms with van der Waals surface area (Å²) < 4.78 is 0. The number of nitrogens with zero attached hydrogens (tertiary/aromatic N) is 1. The third kappa shape index (κ3) is 4.57. The first-order chi connectivity index (χ1) is 8.00. The van der Waals surface area contributed by atoms with Crippen molar-refractivity contribution in [3.63, 3.8) is 0 Å². The summed E-state index contributed by atoms with van der Waals surface area (Å²) in [6.45, 7) is 4.11. The van der Waals surface area contributed by atoms with Gasteiger partial charge in [-0.2, -0.15) is 0 Å². The largest absolute Gasteiger partial charge is 0.347 e. The molecular weight excluding hydrogens is 212 g/mol. The topological polar surface area (TPSA) is 32.3 Å². The van der Waals surface area contributed by atoms with Gasteiger partial charge in [0.25, 0.3) is 0 Å². The van der Waals surface area contributed by atoms with Gasteiger partial charge in [0, 0.05) is 20.1 Å². The standard InChI is InChI=1S/C14H22N2O/c1-11(2)15-13(14(17)16(3)4)10-12-8-6-5-7-9-12/h5-9,11,13,15H,10H2,1-4H3/t13-/m0/s1. The van der Waals surface area contributed by atoms with Gasteiger partial charge < -0.3 is 10.2 Å². The van der Waals surface area contributed by atoms with Gasteiger partial charge in [-0.05, 0) is 12.0 Å². The molecule has 3 nitrogen and oxygen atoms in total. The quantitative estimate of drug-likeness (QED) is 0.840. The lowest BCUT2D eigenvalue weighted by Gasteiger charge is -2.23. The number of amides is 1. The number of benzene rings is 1. The van der Waals surface area contributed by atoms with Crippen molar-refractivity contribution in [2.45, 2.75) is 32.4 Å². The van der Waals surface area contributed by atoms with Crippen molar-refractivity contribution in [3.8, 4) is 0 Å². The van der Waals surface area contributed by atoms with E-state index in [2.05, 4.69) is 31.3 Å². The Bertz CT molecular complexity index is 346. The van der Waals surface area contributed by atoms with E-state index in [1.54, 1.807) is 19.0 Å². The lowest BCUT2D eigenvalue weighted by atomic mass is 10.0. The molecule has 1 N–H and O–H groups in total. The maximum atomic E-state index is 12.0. The molecule has 0 fully saturated rings. The maximum Gasteiger partial charge on any atom is 0.239 e. The normalized spacial score (nSPS) is 12.5. The van der Waals surface area contributed by atoms with Crippen LogP contribution >= 0.6 is 0 Å². The first kappa shape index (κ1) is 13.7. The van der Waals surface area contributed by atoms with Crippen LogP contribution in [0, 0.1) is 0 Å². The molecule has 0 aliphatic carbocycles. The van der Waals surface area contributed by atoms with Crippen LogP contribution in [0.25, 0.3) is 0 Å². The molecule has 1 atom stereocenters. The lowest BCUT2D eigenvalue weighted by molar-refractivity contribution is -0.131. The van der Waals surface area contributed by atoms with E-state index in [-0.39, 0.29) is 11.9 Å². The van der Waals surface area contributed by atoms with Crippen LogP contribution in [0.1, 0.15) is 19.4 Å². The molecule has 0 aromatic heterocycles. The minimum absolute atomic E-state index is 0.127. The molecule has 3 heteroatoms. The van der Waals surface area contributed by atoms with Crippen LogP contribution in [-0.4, -0.2) is 37.0 Å². The summed E-state index contributed by atoms with van der Waals surface area (Å²) in [5, 5.41) is 3.32. The summed E-state index contributed by atoms with van der Waals surface area (Å²) in [5.41, 5.74) is 1.18.